The Kier molecular flexibility index (Phi) is 6.01. The molecule has 2 atom stereocenters. The number of nitrogens with zero attached hydrogens (tertiary/aromatic N) is 2. The molecule has 0 saturated carbocycles. The van der Waals surface area contributed by atoms with Gasteiger partial charge in [-0.25, -0.2) is 4.39 Å². The first-order valence-electron chi connectivity index (χ1n) is 11.4. The minimum absolute atomic E-state index is 0.0115. The van der Waals surface area contributed by atoms with Crippen LogP contribution in [0.15, 0.2) is 66.7 Å². The van der Waals surface area contributed by atoms with Gasteiger partial charge in [0.2, 0.25) is 5.91 Å². The third kappa shape index (κ3) is 4.25. The standard InChI is InChI=1S/C27H28FN3O3/c1-33-22-11-6-20(7-12-22)29-27(32)24-15-18-3-10-23(34-2)16-25(18)31-14-13-30(17-26(24)31)21-8-4-19(28)5-9-21/h3-12,16,24,26H,13-15,17H2,1-2H3,(H,29,32)/t24-,26+/m1/s1. The molecule has 0 spiro atoms. The lowest BCUT2D eigenvalue weighted by atomic mass is 9.83. The fraction of sp³-hybridized carbons (Fsp3) is 0.296. The predicted molar refractivity (Wildman–Crippen MR) is 132 cm³/mol. The molecule has 0 bridgehead atoms. The minimum atomic E-state index is -0.252. The number of amides is 1. The zero-order valence-electron chi connectivity index (χ0n) is 19.3. The molecule has 7 heteroatoms. The molecule has 1 amide bonds. The van der Waals surface area contributed by atoms with Crippen molar-refractivity contribution >= 4 is 23.0 Å². The summed E-state index contributed by atoms with van der Waals surface area (Å²) in [7, 11) is 3.28. The summed E-state index contributed by atoms with van der Waals surface area (Å²) in [5.41, 5.74) is 3.97. The van der Waals surface area contributed by atoms with E-state index in [1.807, 2.05) is 30.3 Å². The highest BCUT2D eigenvalue weighted by molar-refractivity contribution is 5.94. The van der Waals surface area contributed by atoms with Gasteiger partial charge in [-0.15, -0.1) is 0 Å². The van der Waals surface area contributed by atoms with Crippen LogP contribution in [0.4, 0.5) is 21.5 Å². The maximum atomic E-state index is 13.5. The third-order valence-corrected chi connectivity index (χ3v) is 6.81. The average molecular weight is 462 g/mol. The van der Waals surface area contributed by atoms with E-state index in [1.54, 1.807) is 26.4 Å². The fourth-order valence-corrected chi connectivity index (χ4v) is 5.00. The van der Waals surface area contributed by atoms with Crippen molar-refractivity contribution in [3.8, 4) is 11.5 Å². The van der Waals surface area contributed by atoms with Crippen LogP contribution in [0.5, 0.6) is 11.5 Å². The summed E-state index contributed by atoms with van der Waals surface area (Å²) >= 11 is 0. The number of nitrogens with one attached hydrogen (secondary N) is 1. The lowest BCUT2D eigenvalue weighted by molar-refractivity contribution is -0.120. The molecule has 0 unspecified atom stereocenters. The van der Waals surface area contributed by atoms with Gasteiger partial charge in [0.15, 0.2) is 0 Å². The van der Waals surface area contributed by atoms with Gasteiger partial charge in [0.25, 0.3) is 0 Å². The second-order valence-electron chi connectivity index (χ2n) is 8.71. The van der Waals surface area contributed by atoms with Crippen LogP contribution in [0.25, 0.3) is 0 Å². The Morgan fingerprint density at radius 3 is 2.35 bits per heavy atom. The number of halogens is 1. The van der Waals surface area contributed by atoms with E-state index >= 15 is 0 Å². The second kappa shape index (κ2) is 9.25. The summed E-state index contributed by atoms with van der Waals surface area (Å²) in [4.78, 5) is 18.1. The van der Waals surface area contributed by atoms with E-state index < -0.39 is 0 Å². The maximum absolute atomic E-state index is 13.5. The van der Waals surface area contributed by atoms with Gasteiger partial charge in [0.05, 0.1) is 26.2 Å². The number of fused-ring (bicyclic) bond motifs is 3. The van der Waals surface area contributed by atoms with Gasteiger partial charge in [0, 0.05) is 42.8 Å². The van der Waals surface area contributed by atoms with E-state index in [0.29, 0.717) is 13.0 Å². The monoisotopic (exact) mass is 461 g/mol. The van der Waals surface area contributed by atoms with E-state index in [4.69, 9.17) is 9.47 Å². The van der Waals surface area contributed by atoms with Crippen LogP contribution in [0.3, 0.4) is 0 Å². The SMILES string of the molecule is COc1ccc(NC(=O)[C@@H]2Cc3ccc(OC)cc3N3CCN(c4ccc(F)cc4)C[C@@H]23)cc1. The summed E-state index contributed by atoms with van der Waals surface area (Å²) in [6.45, 7) is 2.21. The summed E-state index contributed by atoms with van der Waals surface area (Å²) < 4.78 is 24.2. The summed E-state index contributed by atoms with van der Waals surface area (Å²) in [6.07, 6.45) is 0.639. The average Bonchev–Trinajstić information content (AvgIpc) is 2.88. The molecule has 0 aromatic heterocycles. The molecule has 5 rings (SSSR count). The molecule has 3 aromatic rings. The number of rotatable bonds is 5. The third-order valence-electron chi connectivity index (χ3n) is 6.81. The van der Waals surface area contributed by atoms with Crippen LogP contribution < -0.4 is 24.6 Å². The van der Waals surface area contributed by atoms with Crippen molar-refractivity contribution in [1.29, 1.82) is 0 Å². The van der Waals surface area contributed by atoms with E-state index in [2.05, 4.69) is 27.2 Å². The fourth-order valence-electron chi connectivity index (χ4n) is 5.00. The summed E-state index contributed by atoms with van der Waals surface area (Å²) in [6, 6.07) is 20.0. The molecular weight excluding hydrogens is 433 g/mol. The van der Waals surface area contributed by atoms with Crippen molar-refractivity contribution in [1.82, 2.24) is 0 Å². The first-order valence-corrected chi connectivity index (χ1v) is 11.4. The van der Waals surface area contributed by atoms with Gasteiger partial charge >= 0.3 is 0 Å². The quantitative estimate of drug-likeness (QED) is 0.612. The van der Waals surface area contributed by atoms with Gasteiger partial charge in [-0.05, 0) is 66.6 Å². The number of anilines is 3. The molecule has 1 fully saturated rings. The highest BCUT2D eigenvalue weighted by Gasteiger charge is 2.41. The Morgan fingerprint density at radius 1 is 0.941 bits per heavy atom. The number of ether oxygens (including phenoxy) is 2. The first kappa shape index (κ1) is 22.1. The molecule has 3 aromatic carbocycles. The van der Waals surface area contributed by atoms with E-state index in [0.717, 1.165) is 47.2 Å². The molecule has 1 saturated heterocycles. The highest BCUT2D eigenvalue weighted by Crippen LogP contribution is 2.39. The van der Waals surface area contributed by atoms with Gasteiger partial charge in [0.1, 0.15) is 17.3 Å². The molecule has 0 aliphatic carbocycles. The Morgan fingerprint density at radius 2 is 1.65 bits per heavy atom. The molecule has 176 valence electrons. The number of piperazine rings is 1. The molecule has 2 aliphatic heterocycles. The van der Waals surface area contributed by atoms with Crippen LogP contribution in [0, 0.1) is 11.7 Å². The highest BCUT2D eigenvalue weighted by atomic mass is 19.1. The number of carbonyl (C=O) groups excluding carboxylic acids is 1. The smallest absolute Gasteiger partial charge is 0.229 e. The van der Waals surface area contributed by atoms with Gasteiger partial charge < -0.3 is 24.6 Å². The van der Waals surface area contributed by atoms with Gasteiger partial charge in [-0.3, -0.25) is 4.79 Å². The maximum Gasteiger partial charge on any atom is 0.229 e. The zero-order chi connectivity index (χ0) is 23.7. The summed E-state index contributed by atoms with van der Waals surface area (Å²) in [5, 5.41) is 3.10. The van der Waals surface area contributed by atoms with Gasteiger partial charge in [-0.1, -0.05) is 6.07 Å². The van der Waals surface area contributed by atoms with Crippen LogP contribution >= 0.6 is 0 Å². The van der Waals surface area contributed by atoms with E-state index in [9.17, 15) is 9.18 Å². The van der Waals surface area contributed by atoms with Gasteiger partial charge in [-0.2, -0.15) is 0 Å². The number of benzene rings is 3. The van der Waals surface area contributed by atoms with Crippen molar-refractivity contribution in [2.45, 2.75) is 12.5 Å². The van der Waals surface area contributed by atoms with Crippen LogP contribution in [-0.2, 0) is 11.2 Å². The summed E-state index contributed by atoms with van der Waals surface area (Å²) in [5.74, 6) is 1.04. The van der Waals surface area contributed by atoms with E-state index in [1.165, 1.54) is 12.1 Å². The lowest BCUT2D eigenvalue weighted by Crippen LogP contribution is -2.60. The normalized spacial score (nSPS) is 19.1. The number of hydrogen-bond acceptors (Lipinski definition) is 5. The molecular formula is C27H28FN3O3. The minimum Gasteiger partial charge on any atom is -0.497 e. The number of hydrogen-bond donors (Lipinski definition) is 1. The zero-order valence-corrected chi connectivity index (χ0v) is 19.3. The molecule has 2 heterocycles. The number of carbonyl (C=O) groups is 1. The molecule has 2 aliphatic rings. The molecule has 6 nitrogen and oxygen atoms in total. The van der Waals surface area contributed by atoms with Crippen LogP contribution in [0.1, 0.15) is 5.56 Å². The Labute approximate surface area is 198 Å². The second-order valence-corrected chi connectivity index (χ2v) is 8.71. The lowest BCUT2D eigenvalue weighted by Gasteiger charge is -2.49. The van der Waals surface area contributed by atoms with Crippen LogP contribution in [0.2, 0.25) is 0 Å². The Balaban J connectivity index is 1.44. The Bertz CT molecular complexity index is 1170. The predicted octanol–water partition coefficient (Wildman–Crippen LogP) is 4.35. The van der Waals surface area contributed by atoms with Crippen LogP contribution in [-0.4, -0.2) is 45.8 Å². The Hall–Kier alpha value is -3.74. The van der Waals surface area contributed by atoms with Crippen molar-refractivity contribution < 1.29 is 18.7 Å². The number of methoxy groups -OCH3 is 2. The van der Waals surface area contributed by atoms with Crippen molar-refractivity contribution in [2.75, 3.05) is 49.0 Å². The molecule has 0 radical (unpaired) electrons. The van der Waals surface area contributed by atoms with Crippen molar-refractivity contribution in [3.63, 3.8) is 0 Å². The molecule has 34 heavy (non-hydrogen) atoms. The van der Waals surface area contributed by atoms with Crippen molar-refractivity contribution in [2.24, 2.45) is 5.92 Å². The molecule has 1 N–H and O–H groups in total. The topological polar surface area (TPSA) is 54.0 Å². The van der Waals surface area contributed by atoms with E-state index in [-0.39, 0.29) is 23.7 Å². The largest absolute Gasteiger partial charge is 0.497 e. The first-order chi connectivity index (χ1) is 16.6. The van der Waals surface area contributed by atoms with Crippen molar-refractivity contribution in [3.05, 3.63) is 78.1 Å².